The van der Waals surface area contributed by atoms with Gasteiger partial charge in [-0.1, -0.05) is 6.07 Å². The van der Waals surface area contributed by atoms with Gasteiger partial charge in [0.1, 0.15) is 47.8 Å². The predicted molar refractivity (Wildman–Crippen MR) is 140 cm³/mol. The number of aliphatic hydroxyl groups is 4. The van der Waals surface area contributed by atoms with Crippen molar-refractivity contribution in [3.05, 3.63) is 59.2 Å². The van der Waals surface area contributed by atoms with Crippen molar-refractivity contribution in [2.75, 3.05) is 6.61 Å². The molecule has 43 heavy (non-hydrogen) atoms. The number of carbonyl (C=O) groups excluding carboxylic acids is 1. The Hall–Kier alpha value is -4.67. The molecule has 0 aliphatic carbocycles. The molecule has 0 amide bonds. The van der Waals surface area contributed by atoms with Crippen LogP contribution in [0.5, 0.6) is 46.0 Å². The molecule has 0 spiro atoms. The van der Waals surface area contributed by atoms with Gasteiger partial charge in [-0.15, -0.1) is 0 Å². The van der Waals surface area contributed by atoms with Crippen molar-refractivity contribution < 1.29 is 74.8 Å². The highest BCUT2D eigenvalue weighted by molar-refractivity contribution is 5.91. The number of carbonyl (C=O) groups is 1. The van der Waals surface area contributed by atoms with Gasteiger partial charge in [0.15, 0.2) is 34.9 Å². The van der Waals surface area contributed by atoms with E-state index in [1.54, 1.807) is 0 Å². The Bertz CT molecular complexity index is 1500. The van der Waals surface area contributed by atoms with Crippen LogP contribution in [0, 0.1) is 0 Å². The van der Waals surface area contributed by atoms with Crippen LogP contribution in [0.25, 0.3) is 0 Å². The van der Waals surface area contributed by atoms with Crippen LogP contribution in [0.2, 0.25) is 0 Å². The number of benzene rings is 3. The van der Waals surface area contributed by atoms with Crippen LogP contribution in [0.3, 0.4) is 0 Å². The molecule has 3 aromatic carbocycles. The first-order valence-electron chi connectivity index (χ1n) is 12.9. The number of aromatic hydroxyl groups is 6. The minimum atomic E-state index is -1.78. The fraction of sp³-hybridized carbons (Fsp3) is 0.321. The molecule has 2 aliphatic heterocycles. The molecule has 10 N–H and O–H groups in total. The minimum Gasteiger partial charge on any atom is -0.508 e. The highest BCUT2D eigenvalue weighted by Gasteiger charge is 2.45. The van der Waals surface area contributed by atoms with E-state index in [4.69, 9.17) is 18.9 Å². The van der Waals surface area contributed by atoms with Gasteiger partial charge in [0.05, 0.1) is 12.2 Å². The Labute approximate surface area is 242 Å². The van der Waals surface area contributed by atoms with Gasteiger partial charge in [-0.3, -0.25) is 0 Å². The molecule has 230 valence electrons. The lowest BCUT2D eigenvalue weighted by Crippen LogP contribution is -2.60. The number of hydrogen-bond acceptors (Lipinski definition) is 15. The molecule has 0 radical (unpaired) electrons. The summed E-state index contributed by atoms with van der Waals surface area (Å²) in [7, 11) is 0. The molecule has 2 unspecified atom stereocenters. The maximum absolute atomic E-state index is 13.1. The van der Waals surface area contributed by atoms with Crippen LogP contribution >= 0.6 is 0 Å². The number of esters is 1. The summed E-state index contributed by atoms with van der Waals surface area (Å²) >= 11 is 0. The summed E-state index contributed by atoms with van der Waals surface area (Å²) in [6.45, 7) is -0.715. The van der Waals surface area contributed by atoms with Crippen LogP contribution < -0.4 is 9.47 Å². The Morgan fingerprint density at radius 1 is 0.837 bits per heavy atom. The Balaban J connectivity index is 1.51. The molecule has 0 bridgehead atoms. The highest BCUT2D eigenvalue weighted by Crippen LogP contribution is 2.45. The van der Waals surface area contributed by atoms with E-state index in [-0.39, 0.29) is 40.4 Å². The maximum atomic E-state index is 13.1. The van der Waals surface area contributed by atoms with E-state index in [0.29, 0.717) is 0 Å². The van der Waals surface area contributed by atoms with Gasteiger partial charge in [0.25, 0.3) is 0 Å². The van der Waals surface area contributed by atoms with Gasteiger partial charge in [-0.05, 0) is 24.3 Å². The summed E-state index contributed by atoms with van der Waals surface area (Å²) < 4.78 is 22.9. The van der Waals surface area contributed by atoms with E-state index >= 15 is 0 Å². The van der Waals surface area contributed by atoms with Gasteiger partial charge >= 0.3 is 5.97 Å². The van der Waals surface area contributed by atoms with Crippen LogP contribution in [0.4, 0.5) is 0 Å². The molecule has 5 rings (SSSR count). The van der Waals surface area contributed by atoms with Crippen molar-refractivity contribution in [1.29, 1.82) is 0 Å². The Kier molecular flexibility index (Phi) is 8.00. The largest absolute Gasteiger partial charge is 0.508 e. The quantitative estimate of drug-likeness (QED) is 0.131. The van der Waals surface area contributed by atoms with Gasteiger partial charge in [-0.25, -0.2) is 4.79 Å². The molecule has 1 saturated heterocycles. The zero-order valence-electron chi connectivity index (χ0n) is 22.0. The zero-order chi connectivity index (χ0) is 31.2. The summed E-state index contributed by atoms with van der Waals surface area (Å²) in [6.07, 6.45) is -10.7. The average Bonchev–Trinajstić information content (AvgIpc) is 2.97. The van der Waals surface area contributed by atoms with Crippen LogP contribution in [0.1, 0.15) is 27.6 Å². The number of aliphatic hydroxyl groups excluding tert-OH is 4. The molecule has 7 atom stereocenters. The van der Waals surface area contributed by atoms with E-state index in [2.05, 4.69) is 0 Å². The van der Waals surface area contributed by atoms with Gasteiger partial charge in [0.2, 0.25) is 6.29 Å². The van der Waals surface area contributed by atoms with E-state index < -0.39 is 84.2 Å². The zero-order valence-corrected chi connectivity index (χ0v) is 22.0. The maximum Gasteiger partial charge on any atom is 0.338 e. The first kappa shape index (κ1) is 29.8. The number of hydrogen-bond donors (Lipinski definition) is 10. The fourth-order valence-corrected chi connectivity index (χ4v) is 4.86. The highest BCUT2D eigenvalue weighted by atomic mass is 16.7. The second kappa shape index (κ2) is 11.5. The average molecular weight is 605 g/mol. The molecule has 2 aliphatic rings. The monoisotopic (exact) mass is 604 g/mol. The summed E-state index contributed by atoms with van der Waals surface area (Å²) in [4.78, 5) is 13.1. The molecule has 1 fully saturated rings. The van der Waals surface area contributed by atoms with Crippen molar-refractivity contribution in [3.63, 3.8) is 0 Å². The third-order valence-electron chi connectivity index (χ3n) is 7.13. The minimum absolute atomic E-state index is 0.0179. The lowest BCUT2D eigenvalue weighted by atomic mass is 9.93. The summed E-state index contributed by atoms with van der Waals surface area (Å²) in [5.41, 5.74) is 0.0764. The number of phenolic OH excluding ortho intramolecular Hbond substituents is 6. The van der Waals surface area contributed by atoms with Crippen molar-refractivity contribution in [2.45, 2.75) is 49.3 Å². The topological polar surface area (TPSA) is 256 Å². The normalized spacial score (nSPS) is 26.7. The third-order valence-corrected chi connectivity index (χ3v) is 7.13. The Morgan fingerprint density at radius 3 is 2.19 bits per heavy atom. The standard InChI is InChI=1S/C28H28O15/c29-9-21-23(36)24(37)25(38)28(43-21)42-19-7-12(30)6-18-13(19)8-20(26(40-18)10-1-2-14(31)15(32)3-10)41-27(39)11-4-16(33)22(35)17(34)5-11/h1-7,20-21,23-26,28-38H,8-9H2/t20?,21-,23-,24+,25-,26?,28+/m1/s1. The third kappa shape index (κ3) is 5.71. The molecule has 2 heterocycles. The molecular formula is C28H28O15. The van der Waals surface area contributed by atoms with Crippen LogP contribution in [-0.4, -0.2) is 100 Å². The lowest BCUT2D eigenvalue weighted by molar-refractivity contribution is -0.277. The van der Waals surface area contributed by atoms with Crippen LogP contribution in [0.15, 0.2) is 42.5 Å². The summed E-state index contributed by atoms with van der Waals surface area (Å²) in [5, 5.41) is 99.8. The van der Waals surface area contributed by atoms with Crippen molar-refractivity contribution >= 4 is 5.97 Å². The van der Waals surface area contributed by atoms with Crippen molar-refractivity contribution in [3.8, 4) is 46.0 Å². The molecule has 0 aromatic heterocycles. The van der Waals surface area contributed by atoms with Crippen molar-refractivity contribution in [1.82, 2.24) is 0 Å². The van der Waals surface area contributed by atoms with Crippen molar-refractivity contribution in [2.24, 2.45) is 0 Å². The smallest absolute Gasteiger partial charge is 0.338 e. The number of rotatable bonds is 6. The lowest BCUT2D eigenvalue weighted by Gasteiger charge is -2.40. The molecule has 15 heteroatoms. The summed E-state index contributed by atoms with van der Waals surface area (Å²) in [6, 6.07) is 7.80. The summed E-state index contributed by atoms with van der Waals surface area (Å²) in [5.74, 6) is -4.92. The van der Waals surface area contributed by atoms with Gasteiger partial charge < -0.3 is 70.0 Å². The number of phenols is 6. The van der Waals surface area contributed by atoms with Gasteiger partial charge in [0, 0.05) is 29.7 Å². The van der Waals surface area contributed by atoms with Gasteiger partial charge in [-0.2, -0.15) is 0 Å². The molecular weight excluding hydrogens is 576 g/mol. The number of fused-ring (bicyclic) bond motifs is 1. The predicted octanol–water partition coefficient (Wildman–Crippen LogP) is 0.000700. The molecule has 0 saturated carbocycles. The molecule has 15 nitrogen and oxygen atoms in total. The number of ether oxygens (including phenoxy) is 4. The first-order valence-corrected chi connectivity index (χ1v) is 12.9. The van der Waals surface area contributed by atoms with E-state index in [0.717, 1.165) is 24.3 Å². The Morgan fingerprint density at radius 2 is 1.53 bits per heavy atom. The second-order valence-corrected chi connectivity index (χ2v) is 10.0. The van der Waals surface area contributed by atoms with E-state index in [1.165, 1.54) is 18.2 Å². The fourth-order valence-electron chi connectivity index (χ4n) is 4.86. The van der Waals surface area contributed by atoms with E-state index in [9.17, 15) is 55.9 Å². The molecule has 3 aromatic rings. The first-order chi connectivity index (χ1) is 20.4. The van der Waals surface area contributed by atoms with E-state index in [1.807, 2.05) is 0 Å². The second-order valence-electron chi connectivity index (χ2n) is 10.0. The SMILES string of the molecule is O=C(OC1Cc2c(cc(O)cc2O[C@H]2O[C@H](CO)[C@@H](O)[C@H](O)[C@H]2O)OC1c1ccc(O)c(O)c1)c1cc(O)c(O)c(O)c1. The van der Waals surface area contributed by atoms with Crippen LogP contribution in [-0.2, 0) is 15.9 Å².